The Labute approximate surface area is 287 Å². The van der Waals surface area contributed by atoms with E-state index in [1.165, 1.54) is 4.90 Å². The zero-order chi connectivity index (χ0) is 38.4. The molecule has 0 aliphatic carbocycles. The Morgan fingerprint density at radius 3 is 1.28 bits per heavy atom. The largest absolute Gasteiger partial charge is 0.311 e. The van der Waals surface area contributed by atoms with Crippen molar-refractivity contribution in [2.45, 2.75) is 0 Å². The van der Waals surface area contributed by atoms with E-state index in [4.69, 9.17) is 0 Å². The Bertz CT molecular complexity index is 2690. The summed E-state index contributed by atoms with van der Waals surface area (Å²) >= 11 is 0. The fourth-order valence-electron chi connectivity index (χ4n) is 5.78. The lowest BCUT2D eigenvalue weighted by atomic mass is 9.97. The first-order valence-electron chi connectivity index (χ1n) is 19.5. The molecule has 0 saturated carbocycles. The van der Waals surface area contributed by atoms with Crippen molar-refractivity contribution < 1.29 is 11.0 Å². The molecule has 0 aromatic heterocycles. The van der Waals surface area contributed by atoms with Crippen LogP contribution >= 0.6 is 0 Å². The van der Waals surface area contributed by atoms with Crippen molar-refractivity contribution in [3.8, 4) is 44.5 Å². The fraction of sp³-hybridized carbons (Fsp3) is 0. The smallest absolute Gasteiger partial charge is 0.0645 e. The molecule has 0 bridgehead atoms. The highest BCUT2D eigenvalue weighted by atomic mass is 15.1. The number of nitrogens with zero attached hydrogens (tertiary/aromatic N) is 1. The van der Waals surface area contributed by atoms with Crippen LogP contribution in [0.25, 0.3) is 55.3 Å². The van der Waals surface area contributed by atoms with Crippen LogP contribution in [-0.2, 0) is 0 Å². The predicted molar refractivity (Wildman–Crippen MR) is 200 cm³/mol. The zero-order valence-corrected chi connectivity index (χ0v) is 25.4. The molecule has 47 heavy (non-hydrogen) atoms. The summed E-state index contributed by atoms with van der Waals surface area (Å²) < 4.78 is 74.2. The summed E-state index contributed by atoms with van der Waals surface area (Å²) in [6.07, 6.45) is 0. The second-order valence-electron chi connectivity index (χ2n) is 11.2. The van der Waals surface area contributed by atoms with Gasteiger partial charge in [-0.3, -0.25) is 0 Å². The molecule has 8 aromatic rings. The molecular weight excluding hydrogens is 567 g/mol. The van der Waals surface area contributed by atoms with Crippen molar-refractivity contribution in [2.75, 3.05) is 4.90 Å². The van der Waals surface area contributed by atoms with Crippen LogP contribution in [0.2, 0.25) is 0 Å². The maximum absolute atomic E-state index is 9.34. The van der Waals surface area contributed by atoms with Gasteiger partial charge in [0.05, 0.1) is 11.0 Å². The van der Waals surface area contributed by atoms with Gasteiger partial charge in [0, 0.05) is 17.1 Å². The maximum Gasteiger partial charge on any atom is 0.0645 e. The van der Waals surface area contributed by atoms with Crippen molar-refractivity contribution in [3.05, 3.63) is 200 Å². The third kappa shape index (κ3) is 5.95. The van der Waals surface area contributed by atoms with Crippen molar-refractivity contribution in [2.24, 2.45) is 0 Å². The standard InChI is InChI=1S/C46H33N/c1-3-11-34(12-4-1)39-15-9-16-40(31-39)36-23-27-45(28-24-36)47(44-19-5-2-6-20-44)46-29-25-37(26-30-46)41-17-10-18-42(32-41)43-22-21-35-13-7-8-14-38(35)33-43/h1-33H/i23D,24D,25D,26D,27D,28D,29D,30D. The van der Waals surface area contributed by atoms with E-state index < -0.39 is 0 Å². The van der Waals surface area contributed by atoms with Crippen LogP contribution in [0.15, 0.2) is 200 Å². The van der Waals surface area contributed by atoms with Crippen molar-refractivity contribution in [1.82, 2.24) is 0 Å². The monoisotopic (exact) mass is 607 g/mol. The summed E-state index contributed by atoms with van der Waals surface area (Å²) in [5.41, 5.74) is 4.83. The van der Waals surface area contributed by atoms with Gasteiger partial charge in [0.15, 0.2) is 0 Å². The first-order chi connectivity index (χ1) is 26.6. The SMILES string of the molecule is [2H]c1c([2H])c(N(c2ccccc2)c2c([2H])c([2H])c(-c3cccc(-c4ccc5ccccc5c4)c3)c([2H])c2[2H])c([2H])c([2H])c1-c1cccc(-c2ccccc2)c1. The number of fused-ring (bicyclic) bond motifs is 1. The molecular formula is C46H33N. The van der Waals surface area contributed by atoms with Gasteiger partial charge >= 0.3 is 0 Å². The molecule has 0 atom stereocenters. The molecule has 0 aliphatic heterocycles. The van der Waals surface area contributed by atoms with Gasteiger partial charge in [-0.1, -0.05) is 145 Å². The summed E-state index contributed by atoms with van der Waals surface area (Å²) in [4.78, 5) is 1.32. The Morgan fingerprint density at radius 1 is 0.277 bits per heavy atom. The minimum absolute atomic E-state index is 0.114. The van der Waals surface area contributed by atoms with E-state index in [1.54, 1.807) is 42.5 Å². The maximum atomic E-state index is 9.34. The van der Waals surface area contributed by atoms with E-state index >= 15 is 0 Å². The van der Waals surface area contributed by atoms with Gasteiger partial charge in [-0.25, -0.2) is 0 Å². The number of hydrogen-bond acceptors (Lipinski definition) is 1. The second kappa shape index (κ2) is 12.7. The lowest BCUT2D eigenvalue weighted by molar-refractivity contribution is 1.28. The lowest BCUT2D eigenvalue weighted by Gasteiger charge is -2.26. The third-order valence-electron chi connectivity index (χ3n) is 8.18. The molecule has 0 radical (unpaired) electrons. The minimum Gasteiger partial charge on any atom is -0.311 e. The molecule has 8 aromatic carbocycles. The zero-order valence-electron chi connectivity index (χ0n) is 33.4. The molecule has 1 heteroatoms. The van der Waals surface area contributed by atoms with E-state index in [2.05, 4.69) is 6.07 Å². The molecule has 0 amide bonds. The van der Waals surface area contributed by atoms with E-state index in [1.807, 2.05) is 103 Å². The first kappa shape index (κ1) is 20.8. The van der Waals surface area contributed by atoms with Crippen LogP contribution < -0.4 is 4.90 Å². The Kier molecular flexibility index (Phi) is 5.60. The van der Waals surface area contributed by atoms with Gasteiger partial charge in [-0.2, -0.15) is 0 Å². The quantitative estimate of drug-likeness (QED) is 0.174. The van der Waals surface area contributed by atoms with Crippen LogP contribution in [0.1, 0.15) is 11.0 Å². The van der Waals surface area contributed by atoms with Crippen LogP contribution in [0, 0.1) is 0 Å². The molecule has 8 rings (SSSR count). The fourth-order valence-corrected chi connectivity index (χ4v) is 5.78. The molecule has 222 valence electrons. The van der Waals surface area contributed by atoms with Gasteiger partial charge in [0.25, 0.3) is 0 Å². The average molecular weight is 608 g/mol. The molecule has 0 unspecified atom stereocenters. The Hall–Kier alpha value is -6.18. The van der Waals surface area contributed by atoms with E-state index in [0.717, 1.165) is 33.0 Å². The van der Waals surface area contributed by atoms with Gasteiger partial charge in [-0.15, -0.1) is 0 Å². The van der Waals surface area contributed by atoms with Crippen LogP contribution in [-0.4, -0.2) is 0 Å². The molecule has 0 aliphatic rings. The number of rotatable bonds is 7. The van der Waals surface area contributed by atoms with Gasteiger partial charge in [0.1, 0.15) is 0 Å². The first-order valence-corrected chi connectivity index (χ1v) is 15.5. The molecule has 1 nitrogen and oxygen atoms in total. The summed E-state index contributed by atoms with van der Waals surface area (Å²) in [6.45, 7) is 0. The third-order valence-corrected chi connectivity index (χ3v) is 8.18. The summed E-state index contributed by atoms with van der Waals surface area (Å²) in [7, 11) is 0. The average Bonchev–Trinajstić information content (AvgIpc) is 3.22. The molecule has 0 spiro atoms. The van der Waals surface area contributed by atoms with Crippen molar-refractivity contribution >= 4 is 27.8 Å². The normalized spacial score (nSPS) is 13.4. The summed E-state index contributed by atoms with van der Waals surface area (Å²) in [6, 6.07) is 44.5. The van der Waals surface area contributed by atoms with Crippen molar-refractivity contribution in [3.63, 3.8) is 0 Å². The molecule has 0 saturated heterocycles. The van der Waals surface area contributed by atoms with Crippen LogP contribution in [0.3, 0.4) is 0 Å². The van der Waals surface area contributed by atoms with Crippen LogP contribution in [0.5, 0.6) is 0 Å². The molecule has 0 heterocycles. The van der Waals surface area contributed by atoms with E-state index in [0.29, 0.717) is 16.8 Å². The Balaban J connectivity index is 1.29. The number of hydrogen-bond donors (Lipinski definition) is 0. The number of para-hydroxylation sites is 1. The Morgan fingerprint density at radius 2 is 0.702 bits per heavy atom. The topological polar surface area (TPSA) is 3.24 Å². The van der Waals surface area contributed by atoms with Crippen LogP contribution in [0.4, 0.5) is 17.1 Å². The lowest BCUT2D eigenvalue weighted by Crippen LogP contribution is -2.09. The predicted octanol–water partition coefficient (Wildman–Crippen LogP) is 13.0. The van der Waals surface area contributed by atoms with E-state index in [9.17, 15) is 11.0 Å². The highest BCUT2D eigenvalue weighted by Crippen LogP contribution is 2.37. The molecule has 0 fully saturated rings. The van der Waals surface area contributed by atoms with Gasteiger partial charge in [0.2, 0.25) is 0 Å². The minimum atomic E-state index is -0.382. The van der Waals surface area contributed by atoms with Gasteiger partial charge < -0.3 is 4.90 Å². The molecule has 0 N–H and O–H groups in total. The van der Waals surface area contributed by atoms with Gasteiger partial charge in [-0.05, 0) is 110 Å². The highest BCUT2D eigenvalue weighted by molar-refractivity contribution is 5.88. The number of anilines is 3. The van der Waals surface area contributed by atoms with E-state index in [-0.39, 0.29) is 70.8 Å². The van der Waals surface area contributed by atoms with Crippen molar-refractivity contribution in [1.29, 1.82) is 0 Å². The summed E-state index contributed by atoms with van der Waals surface area (Å²) in [5.74, 6) is 0. The highest BCUT2D eigenvalue weighted by Gasteiger charge is 2.13. The number of benzene rings is 8. The second-order valence-corrected chi connectivity index (χ2v) is 11.2. The summed E-state index contributed by atoms with van der Waals surface area (Å²) in [5, 5.41) is 2.18.